The number of aliphatic carboxylic acids is 3. The number of nitrogens with zero attached hydrogens (tertiary/aromatic N) is 14. The van der Waals surface area contributed by atoms with Gasteiger partial charge >= 0.3 is 23.9 Å². The molecule has 2 aromatic carbocycles. The van der Waals surface area contributed by atoms with Gasteiger partial charge in [0, 0.05) is 166 Å². The lowest BCUT2D eigenvalue weighted by Gasteiger charge is -2.36. The van der Waals surface area contributed by atoms with Gasteiger partial charge in [0.15, 0.2) is 0 Å². The molecule has 0 unspecified atom stereocenters. The zero-order chi connectivity index (χ0) is 80.9. The van der Waals surface area contributed by atoms with Gasteiger partial charge in [-0.15, -0.1) is 0 Å². The van der Waals surface area contributed by atoms with Gasteiger partial charge in [0.1, 0.15) is 17.7 Å². The number of amides is 9. The molecule has 4 aliphatic heterocycles. The number of esters is 1. The first kappa shape index (κ1) is 85.5. The number of pyridine rings is 2. The summed E-state index contributed by atoms with van der Waals surface area (Å²) in [7, 11) is 0. The molecule has 0 saturated carbocycles. The Kier molecular flexibility index (Phi) is 30.0. The zero-order valence-corrected chi connectivity index (χ0v) is 61.7. The molecule has 4 aromatic rings. The molecule has 9 amide bonds. The lowest BCUT2D eigenvalue weighted by molar-refractivity contribution is -0.156. The molecule has 39 heteroatoms. The number of likely N-dealkylation sites (tertiary alicyclic amines) is 2. The molecule has 7 N–H and O–H groups in total. The van der Waals surface area contributed by atoms with Crippen LogP contribution >= 0.6 is 0 Å². The Balaban J connectivity index is 1.01. The molecule has 8 rings (SSSR count). The third-order valence-corrected chi connectivity index (χ3v) is 18.8. The zero-order valence-electron chi connectivity index (χ0n) is 61.7. The second kappa shape index (κ2) is 39.0. The van der Waals surface area contributed by atoms with Crippen LogP contribution in [0.3, 0.4) is 0 Å². The number of para-hydroxylation sites is 2. The molecule has 2 aromatic heterocycles. The predicted octanol–water partition coefficient (Wildman–Crippen LogP) is 0.518. The standard InChI is InChI=1S/C72H90F4N18O17/c1-70(2,3)111-65(108)44-89-26-28-90(57(97)12-10-55(95)83-53-8-4-6-49-51(14-16-79-66(49)53)68(109)81-38-59(99)93-45-71(73,74)34-47(93)36-77)30-32-92(61(101)40-85-18-20-86(41-62(102)103)22-24-88(43-64(106)107)25-23-87(21-19-85)42-63(104)105)33-31-91(29-27-89)58(98)13-11-56(96)84-54-9-5-7-50-52(15-17-80-67(50)54)69(110)82-39-60(100)94-46-72(75,76)35-48(94)37-78/h4-9,14-17,47-48H,10-13,18-35,38-46H2,1-3H3,(H,81,109)(H,82,110)(H,83,95)(H,84,96)(H,102,103)(H,104,105)(H,106,107)/t47-,48-/m0/s1. The Bertz CT molecular complexity index is 4000. The number of alkyl halides is 4. The number of carbonyl (C=O) groups is 13. The summed E-state index contributed by atoms with van der Waals surface area (Å²) in [5.74, 6) is -17.2. The van der Waals surface area contributed by atoms with Crippen LogP contribution in [0, 0.1) is 22.7 Å². The average Bonchev–Trinajstić information content (AvgIpc) is 1.82. The van der Waals surface area contributed by atoms with Crippen LogP contribution in [0.4, 0.5) is 28.9 Å². The molecule has 6 heterocycles. The lowest BCUT2D eigenvalue weighted by atomic mass is 10.1. The summed E-state index contributed by atoms with van der Waals surface area (Å²) >= 11 is 0. The van der Waals surface area contributed by atoms with E-state index in [0.717, 1.165) is 0 Å². The lowest BCUT2D eigenvalue weighted by Crippen LogP contribution is -2.53. The Morgan fingerprint density at radius 2 is 0.802 bits per heavy atom. The van der Waals surface area contributed by atoms with Gasteiger partial charge < -0.3 is 65.8 Å². The van der Waals surface area contributed by atoms with Crippen LogP contribution in [-0.4, -0.2) is 344 Å². The van der Waals surface area contributed by atoms with Crippen LogP contribution in [0.2, 0.25) is 0 Å². The molecular formula is C72H90F4N18O17. The fourth-order valence-corrected chi connectivity index (χ4v) is 13.2. The minimum absolute atomic E-state index is 0.00434. The van der Waals surface area contributed by atoms with E-state index < -0.39 is 191 Å². The van der Waals surface area contributed by atoms with Gasteiger partial charge in [-0.3, -0.25) is 96.8 Å². The smallest absolute Gasteiger partial charge is 0.320 e. The molecule has 0 bridgehead atoms. The third-order valence-electron chi connectivity index (χ3n) is 18.8. The number of benzene rings is 2. The van der Waals surface area contributed by atoms with E-state index in [-0.39, 0.29) is 162 Å². The van der Waals surface area contributed by atoms with E-state index in [0.29, 0.717) is 9.80 Å². The van der Waals surface area contributed by atoms with Gasteiger partial charge in [-0.1, -0.05) is 24.3 Å². The molecule has 0 spiro atoms. The largest absolute Gasteiger partial charge is 0.480 e. The molecule has 35 nitrogen and oxygen atoms in total. The van der Waals surface area contributed by atoms with Crippen LogP contribution in [0.5, 0.6) is 0 Å². The number of nitriles is 2. The average molecular weight is 1560 g/mol. The molecule has 4 saturated heterocycles. The highest BCUT2D eigenvalue weighted by Gasteiger charge is 2.48. The van der Waals surface area contributed by atoms with Gasteiger partial charge in [-0.05, 0) is 45.0 Å². The maximum atomic E-state index is 15.1. The minimum atomic E-state index is -3.29. The Morgan fingerprint density at radius 1 is 0.468 bits per heavy atom. The first-order chi connectivity index (χ1) is 52.6. The van der Waals surface area contributed by atoms with Crippen LogP contribution in [0.25, 0.3) is 21.8 Å². The van der Waals surface area contributed by atoms with Gasteiger partial charge in [0.05, 0.1) is 105 Å². The normalized spacial score (nSPS) is 18.9. The molecule has 0 aliphatic carbocycles. The number of halogens is 4. The molecule has 4 aliphatic rings. The van der Waals surface area contributed by atoms with E-state index >= 15 is 4.79 Å². The number of ether oxygens (including phenoxy) is 1. The summed E-state index contributed by atoms with van der Waals surface area (Å²) in [6, 6.07) is 12.3. The second-order valence-corrected chi connectivity index (χ2v) is 28.3. The topological polar surface area (TPSA) is 446 Å². The van der Waals surface area contributed by atoms with Crippen molar-refractivity contribution in [3.05, 3.63) is 72.1 Å². The molecular weight excluding hydrogens is 1460 g/mol. The fourth-order valence-electron chi connectivity index (χ4n) is 13.2. The van der Waals surface area contributed by atoms with Crippen molar-refractivity contribution in [2.45, 2.75) is 88.8 Å². The fraction of sp³-hybridized carbons (Fsp3) is 0.542. The Hall–Kier alpha value is -11.1. The SMILES string of the molecule is CC(C)(C)OC(=O)CN1CCN(C(=O)CCC(=O)Nc2cccc3c(C(=O)NCC(=O)N4CC(F)(F)C[C@H]4C#N)ccnc23)CCN(C(=O)CN2CCN(CC(=O)O)CCN(CC(=O)O)CCN(CC(=O)O)CC2)CCN(C(=O)CCC(=O)Nc2cccc3c(C(=O)NCC(=O)N4CC(F)(F)C[C@H]4C#N)ccnc23)CC1. The van der Waals surface area contributed by atoms with Crippen LogP contribution < -0.4 is 21.3 Å². The predicted molar refractivity (Wildman–Crippen MR) is 386 cm³/mol. The van der Waals surface area contributed by atoms with Gasteiger partial charge in [-0.2, -0.15) is 10.5 Å². The summed E-state index contributed by atoms with van der Waals surface area (Å²) < 4.78 is 62.2. The monoisotopic (exact) mass is 1550 g/mol. The molecule has 598 valence electrons. The Labute approximate surface area is 635 Å². The van der Waals surface area contributed by atoms with Gasteiger partial charge in [-0.25, -0.2) is 17.6 Å². The Morgan fingerprint density at radius 3 is 1.15 bits per heavy atom. The number of rotatable bonds is 24. The highest BCUT2D eigenvalue weighted by Crippen LogP contribution is 2.34. The molecule has 111 heavy (non-hydrogen) atoms. The number of carbonyl (C=O) groups excluding carboxylic acids is 10. The summed E-state index contributed by atoms with van der Waals surface area (Å²) in [4.78, 5) is 197. The van der Waals surface area contributed by atoms with E-state index in [2.05, 4.69) is 31.2 Å². The first-order valence-corrected chi connectivity index (χ1v) is 35.9. The summed E-state index contributed by atoms with van der Waals surface area (Å²) in [6.45, 7) is -0.930. The maximum Gasteiger partial charge on any atom is 0.320 e. The van der Waals surface area contributed by atoms with Crippen LogP contribution in [0.15, 0.2) is 60.9 Å². The molecule has 0 radical (unpaired) electrons. The highest BCUT2D eigenvalue weighted by atomic mass is 19.3. The molecule has 2 atom stereocenters. The van der Waals surface area contributed by atoms with Crippen molar-refractivity contribution in [1.29, 1.82) is 10.5 Å². The highest BCUT2D eigenvalue weighted by molar-refractivity contribution is 6.12. The summed E-state index contributed by atoms with van der Waals surface area (Å²) in [5.41, 5.74) is -0.461. The van der Waals surface area contributed by atoms with Gasteiger partial charge in [0.25, 0.3) is 23.7 Å². The van der Waals surface area contributed by atoms with Crippen molar-refractivity contribution < 1.29 is 99.9 Å². The number of hydrogen-bond acceptors (Lipinski definition) is 23. The number of nitrogens with one attached hydrogen (secondary N) is 4. The maximum absolute atomic E-state index is 15.1. The number of carboxylic acids is 3. The quantitative estimate of drug-likeness (QED) is 0.0371. The van der Waals surface area contributed by atoms with E-state index in [4.69, 9.17) is 4.74 Å². The van der Waals surface area contributed by atoms with E-state index in [1.54, 1.807) is 57.4 Å². The number of fused-ring (bicyclic) bond motifs is 2. The van der Waals surface area contributed by atoms with Crippen LogP contribution in [-0.2, 0) is 57.5 Å². The second-order valence-electron chi connectivity index (χ2n) is 28.3. The first-order valence-electron chi connectivity index (χ1n) is 35.9. The number of hydrogen-bond donors (Lipinski definition) is 7. The van der Waals surface area contributed by atoms with Crippen molar-refractivity contribution >= 4 is 110 Å². The summed E-state index contributed by atoms with van der Waals surface area (Å²) in [6.07, 6.45) is -0.868. The number of aromatic nitrogens is 2. The van der Waals surface area contributed by atoms with Crippen molar-refractivity contribution in [2.75, 3.05) is 174 Å². The van der Waals surface area contributed by atoms with E-state index in [1.807, 2.05) is 0 Å². The van der Waals surface area contributed by atoms with Crippen molar-refractivity contribution in [1.82, 2.24) is 69.6 Å². The number of carboxylic acid groups (broad SMARTS) is 3. The van der Waals surface area contributed by atoms with Crippen LogP contribution in [0.1, 0.15) is 80.0 Å². The number of anilines is 2. The molecule has 4 fully saturated rings. The van der Waals surface area contributed by atoms with Crippen molar-refractivity contribution in [2.24, 2.45) is 0 Å². The summed E-state index contributed by atoms with van der Waals surface area (Å²) in [5, 5.41) is 59.0. The van der Waals surface area contributed by atoms with Gasteiger partial charge in [0.2, 0.25) is 41.4 Å². The van der Waals surface area contributed by atoms with E-state index in [9.17, 15) is 101 Å². The van der Waals surface area contributed by atoms with E-state index in [1.165, 1.54) is 75.6 Å². The third kappa shape index (κ3) is 25.7. The van der Waals surface area contributed by atoms with Crippen molar-refractivity contribution in [3.8, 4) is 12.1 Å². The van der Waals surface area contributed by atoms with Crippen molar-refractivity contribution in [3.63, 3.8) is 0 Å². The minimum Gasteiger partial charge on any atom is -0.480 e.